The van der Waals surface area contributed by atoms with Crippen LogP contribution in [0.1, 0.15) is 0 Å². The zero-order chi connectivity index (χ0) is 23.5. The number of primary sulfonamides is 2. The maximum absolute atomic E-state index is 12.2. The monoisotopic (exact) mass is 498 g/mol. The molecule has 1 aromatic heterocycles. The molecule has 3 rings (SSSR count). The van der Waals surface area contributed by atoms with Crippen molar-refractivity contribution >= 4 is 61.0 Å². The van der Waals surface area contributed by atoms with Crippen LogP contribution in [0.3, 0.4) is 0 Å². The molecule has 1 heterocycles. The Morgan fingerprint density at radius 2 is 1.19 bits per heavy atom. The third kappa shape index (κ3) is 6.32. The normalized spacial score (nSPS) is 11.6. The molecule has 0 aliphatic heterocycles. The maximum atomic E-state index is 12.2. The first-order chi connectivity index (χ1) is 14.9. The van der Waals surface area contributed by atoms with Crippen LogP contribution in [-0.4, -0.2) is 37.8 Å². The van der Waals surface area contributed by atoms with E-state index in [0.717, 1.165) is 0 Å². The van der Waals surface area contributed by atoms with Gasteiger partial charge in [-0.05, 0) is 60.1 Å². The van der Waals surface area contributed by atoms with Crippen molar-refractivity contribution in [3.8, 4) is 0 Å². The number of hydrogen-bond acceptors (Lipinski definition) is 9. The van der Waals surface area contributed by atoms with E-state index >= 15 is 0 Å². The number of nitrogens with two attached hydrogens (primary N) is 2. The van der Waals surface area contributed by atoms with E-state index in [1.165, 1.54) is 48.5 Å². The summed E-state index contributed by atoms with van der Waals surface area (Å²) in [5.41, 5.74) is 0.702. The topological polar surface area (TPSA) is 212 Å². The molecule has 0 atom stereocenters. The Bertz CT molecular complexity index is 1360. The van der Waals surface area contributed by atoms with E-state index < -0.39 is 26.1 Å². The Labute approximate surface area is 187 Å². The molecular weight excluding hydrogens is 484 g/mol. The highest BCUT2D eigenvalue weighted by Crippen LogP contribution is 2.18. The minimum absolute atomic E-state index is 0.0267. The molecule has 0 saturated heterocycles. The Morgan fingerprint density at radius 1 is 0.719 bits per heavy atom. The van der Waals surface area contributed by atoms with Gasteiger partial charge in [-0.2, -0.15) is 15.0 Å². The zero-order valence-corrected chi connectivity index (χ0v) is 18.2. The molecule has 0 bridgehead atoms. The van der Waals surface area contributed by atoms with Gasteiger partial charge in [0.1, 0.15) is 0 Å². The van der Waals surface area contributed by atoms with Crippen LogP contribution in [0.25, 0.3) is 0 Å². The molecule has 0 saturated carbocycles. The number of anilines is 4. The quantitative estimate of drug-likeness (QED) is 0.329. The summed E-state index contributed by atoms with van der Waals surface area (Å²) in [6.07, 6.45) is 0. The highest BCUT2D eigenvalue weighted by atomic mass is 35.5. The standard InChI is InChI=1S/C16H15ClN8O5S2/c17-13-22-14(20-9-1-5-11(6-2-9)31(18,27)28)24-15(23-13)25-16(26)21-10-3-7-12(8-4-10)32(19,29)30/h1-8H,(H2,18,27,28)(H2,19,29,30)(H3,20,21,22,23,24,25,26). The third-order valence-corrected chi connectivity index (χ3v) is 5.74. The molecular formula is C16H15ClN8O5S2. The van der Waals surface area contributed by atoms with E-state index in [1.54, 1.807) is 0 Å². The number of rotatable bonds is 6. The molecule has 13 nitrogen and oxygen atoms in total. The number of aromatic nitrogens is 3. The number of sulfonamides is 2. The van der Waals surface area contributed by atoms with Gasteiger partial charge in [-0.1, -0.05) is 0 Å². The number of benzene rings is 2. The molecule has 0 aliphatic carbocycles. The van der Waals surface area contributed by atoms with E-state index in [0.29, 0.717) is 5.69 Å². The average molecular weight is 499 g/mol. The second-order valence-corrected chi connectivity index (χ2v) is 9.56. The molecule has 7 N–H and O–H groups in total. The highest BCUT2D eigenvalue weighted by Gasteiger charge is 2.12. The van der Waals surface area contributed by atoms with Crippen molar-refractivity contribution in [2.24, 2.45) is 10.3 Å². The smallest absolute Gasteiger partial charge is 0.324 e. The molecule has 0 unspecified atom stereocenters. The van der Waals surface area contributed by atoms with Gasteiger partial charge in [-0.3, -0.25) is 5.32 Å². The Hall–Kier alpha value is -3.37. The fourth-order valence-corrected chi connectivity index (χ4v) is 3.50. The summed E-state index contributed by atoms with van der Waals surface area (Å²) < 4.78 is 45.2. The molecule has 168 valence electrons. The lowest BCUT2D eigenvalue weighted by atomic mass is 10.3. The lowest BCUT2D eigenvalue weighted by Crippen LogP contribution is -2.21. The predicted octanol–water partition coefficient (Wildman–Crippen LogP) is 1.21. The number of urea groups is 1. The SMILES string of the molecule is NS(=O)(=O)c1ccc(NC(=O)Nc2nc(Cl)nc(Nc3ccc(S(N)(=O)=O)cc3)n2)cc1. The predicted molar refractivity (Wildman–Crippen MR) is 116 cm³/mol. The van der Waals surface area contributed by atoms with Crippen molar-refractivity contribution in [3.05, 3.63) is 53.8 Å². The molecule has 0 radical (unpaired) electrons. The number of nitrogens with zero attached hydrogens (tertiary/aromatic N) is 3. The van der Waals surface area contributed by atoms with E-state index in [1.807, 2.05) is 0 Å². The summed E-state index contributed by atoms with van der Waals surface area (Å²) in [7, 11) is -7.69. The highest BCUT2D eigenvalue weighted by molar-refractivity contribution is 7.89. The van der Waals surface area contributed by atoms with Gasteiger partial charge in [0.25, 0.3) is 0 Å². The van der Waals surface area contributed by atoms with E-state index in [4.69, 9.17) is 21.9 Å². The lowest BCUT2D eigenvalue weighted by Gasteiger charge is -2.09. The second kappa shape index (κ2) is 9.01. The van der Waals surface area contributed by atoms with Crippen LogP contribution in [0.4, 0.5) is 28.1 Å². The summed E-state index contributed by atoms with van der Waals surface area (Å²) in [4.78, 5) is 23.7. The van der Waals surface area contributed by atoms with Crippen LogP contribution in [-0.2, 0) is 20.0 Å². The van der Waals surface area contributed by atoms with Crippen molar-refractivity contribution in [3.63, 3.8) is 0 Å². The minimum Gasteiger partial charge on any atom is -0.324 e. The van der Waals surface area contributed by atoms with Crippen LogP contribution in [0, 0.1) is 0 Å². The van der Waals surface area contributed by atoms with Crippen molar-refractivity contribution in [1.29, 1.82) is 0 Å². The van der Waals surface area contributed by atoms with Gasteiger partial charge >= 0.3 is 6.03 Å². The molecule has 32 heavy (non-hydrogen) atoms. The summed E-state index contributed by atoms with van der Waals surface area (Å²) in [6, 6.07) is 9.85. The molecule has 3 aromatic rings. The molecule has 16 heteroatoms. The Kier molecular flexibility index (Phi) is 6.56. The van der Waals surface area contributed by atoms with Crippen molar-refractivity contribution in [2.75, 3.05) is 16.0 Å². The lowest BCUT2D eigenvalue weighted by molar-refractivity contribution is 0.262. The first-order valence-electron chi connectivity index (χ1n) is 8.42. The first-order valence-corrected chi connectivity index (χ1v) is 11.9. The number of amides is 2. The van der Waals surface area contributed by atoms with Crippen LogP contribution < -0.4 is 26.2 Å². The minimum atomic E-state index is -3.85. The fraction of sp³-hybridized carbons (Fsp3) is 0. The summed E-state index contributed by atoms with van der Waals surface area (Å²) >= 11 is 5.87. The molecule has 2 aromatic carbocycles. The maximum Gasteiger partial charge on any atom is 0.326 e. The number of carbonyl (C=O) groups excluding carboxylic acids is 1. The molecule has 0 spiro atoms. The Balaban J connectivity index is 1.69. The summed E-state index contributed by atoms with van der Waals surface area (Å²) in [5, 5.41) is 17.4. The number of halogens is 1. The van der Waals surface area contributed by atoms with E-state index in [-0.39, 0.29) is 32.7 Å². The Morgan fingerprint density at radius 3 is 1.69 bits per heavy atom. The average Bonchev–Trinajstić information content (AvgIpc) is 2.67. The van der Waals surface area contributed by atoms with Gasteiger partial charge in [0.2, 0.25) is 37.2 Å². The molecule has 2 amide bonds. The van der Waals surface area contributed by atoms with Gasteiger partial charge in [-0.25, -0.2) is 31.9 Å². The van der Waals surface area contributed by atoms with Crippen molar-refractivity contribution in [2.45, 2.75) is 9.79 Å². The van der Waals surface area contributed by atoms with Gasteiger partial charge < -0.3 is 10.6 Å². The van der Waals surface area contributed by atoms with Crippen LogP contribution in [0.2, 0.25) is 5.28 Å². The van der Waals surface area contributed by atoms with E-state index in [2.05, 4.69) is 30.9 Å². The van der Waals surface area contributed by atoms with Crippen molar-refractivity contribution < 1.29 is 21.6 Å². The number of hydrogen-bond donors (Lipinski definition) is 5. The van der Waals surface area contributed by atoms with Gasteiger partial charge in [0.05, 0.1) is 9.79 Å². The second-order valence-electron chi connectivity index (χ2n) is 6.09. The number of carbonyl (C=O) groups is 1. The van der Waals surface area contributed by atoms with E-state index in [9.17, 15) is 21.6 Å². The third-order valence-electron chi connectivity index (χ3n) is 3.71. The number of nitrogens with one attached hydrogen (secondary N) is 3. The first kappa shape index (κ1) is 23.3. The van der Waals surface area contributed by atoms with Gasteiger partial charge in [0.15, 0.2) is 0 Å². The summed E-state index contributed by atoms with van der Waals surface area (Å²) in [6.45, 7) is 0. The molecule has 0 fully saturated rings. The van der Waals surface area contributed by atoms with Gasteiger partial charge in [-0.15, -0.1) is 0 Å². The zero-order valence-electron chi connectivity index (χ0n) is 15.9. The van der Waals surface area contributed by atoms with Crippen molar-refractivity contribution in [1.82, 2.24) is 15.0 Å². The van der Waals surface area contributed by atoms with Gasteiger partial charge in [0, 0.05) is 11.4 Å². The molecule has 0 aliphatic rings. The largest absolute Gasteiger partial charge is 0.326 e. The van der Waals surface area contributed by atoms with Crippen LogP contribution >= 0.6 is 11.6 Å². The summed E-state index contributed by atoms with van der Waals surface area (Å²) in [5.74, 6) is -0.214. The fourth-order valence-electron chi connectivity index (χ4n) is 2.31. The van der Waals surface area contributed by atoms with Crippen LogP contribution in [0.15, 0.2) is 58.3 Å². The van der Waals surface area contributed by atoms with Crippen LogP contribution in [0.5, 0.6) is 0 Å².